The summed E-state index contributed by atoms with van der Waals surface area (Å²) in [5.41, 5.74) is 0.0809. The molecule has 0 aromatic carbocycles. The molecule has 146 valence electrons. The highest BCUT2D eigenvalue weighted by atomic mass is 16.4. The van der Waals surface area contributed by atoms with Gasteiger partial charge in [0.2, 0.25) is 0 Å². The van der Waals surface area contributed by atoms with E-state index in [1.165, 1.54) is 0 Å². The van der Waals surface area contributed by atoms with Crippen molar-refractivity contribution < 1.29 is 19.8 Å². The minimum atomic E-state index is -1.16. The first-order valence-corrected chi connectivity index (χ1v) is 10.1. The molecule has 0 saturated carbocycles. The summed E-state index contributed by atoms with van der Waals surface area (Å²) in [6.45, 7) is 8.62. The molecule has 4 heteroatoms. The third kappa shape index (κ3) is 10.3. The monoisotopic (exact) mass is 354 g/mol. The second-order valence-electron chi connectivity index (χ2n) is 7.24. The van der Waals surface area contributed by atoms with Gasteiger partial charge in [-0.2, -0.15) is 0 Å². The number of rotatable bonds is 15. The number of carboxylic acids is 2. The first kappa shape index (κ1) is 23.7. The van der Waals surface area contributed by atoms with Crippen LogP contribution in [0.1, 0.15) is 91.9 Å². The second-order valence-corrected chi connectivity index (χ2v) is 7.24. The van der Waals surface area contributed by atoms with Crippen LogP contribution < -0.4 is 0 Å². The highest BCUT2D eigenvalue weighted by Crippen LogP contribution is 2.33. The summed E-state index contributed by atoms with van der Waals surface area (Å²) in [5, 5.41) is 18.7. The van der Waals surface area contributed by atoms with Crippen molar-refractivity contribution in [3.05, 3.63) is 11.6 Å². The lowest BCUT2D eigenvalue weighted by Gasteiger charge is -2.27. The third-order valence-corrected chi connectivity index (χ3v) is 5.29. The largest absolute Gasteiger partial charge is 0.478 e. The molecule has 25 heavy (non-hydrogen) atoms. The van der Waals surface area contributed by atoms with Crippen LogP contribution >= 0.6 is 0 Å². The molecule has 2 unspecified atom stereocenters. The Morgan fingerprint density at radius 1 is 0.840 bits per heavy atom. The van der Waals surface area contributed by atoms with Gasteiger partial charge in [-0.05, 0) is 30.6 Å². The standard InChI is InChI=1S/C21H38O4/c1-5-9-11-16(7-3)13-18(14-17(8-4)12-10-6-2)19(21(24)25)15-20(22)23/h15-18H,5-14H2,1-4H3,(H,22,23)(H,24,25). The molecule has 0 radical (unpaired) electrons. The number of carbonyl (C=O) groups is 2. The van der Waals surface area contributed by atoms with Crippen molar-refractivity contribution in [3.8, 4) is 0 Å². The average molecular weight is 355 g/mol. The molecule has 0 spiro atoms. The van der Waals surface area contributed by atoms with Crippen LogP contribution in [0.5, 0.6) is 0 Å². The molecular formula is C21H38O4. The van der Waals surface area contributed by atoms with E-state index in [2.05, 4.69) is 27.7 Å². The average Bonchev–Trinajstić information content (AvgIpc) is 2.58. The number of carboxylic acid groups (broad SMARTS) is 2. The van der Waals surface area contributed by atoms with E-state index in [0.29, 0.717) is 11.8 Å². The highest BCUT2D eigenvalue weighted by Gasteiger charge is 2.27. The van der Waals surface area contributed by atoms with Crippen LogP contribution in [-0.4, -0.2) is 22.2 Å². The molecule has 0 saturated heterocycles. The number of unbranched alkanes of at least 4 members (excludes halogenated alkanes) is 2. The van der Waals surface area contributed by atoms with Gasteiger partial charge in [-0.25, -0.2) is 9.59 Å². The summed E-state index contributed by atoms with van der Waals surface area (Å²) in [7, 11) is 0. The summed E-state index contributed by atoms with van der Waals surface area (Å²) >= 11 is 0. The van der Waals surface area contributed by atoms with Crippen LogP contribution in [0.3, 0.4) is 0 Å². The minimum absolute atomic E-state index is 0.0809. The molecule has 0 rings (SSSR count). The number of hydrogen-bond donors (Lipinski definition) is 2. The maximum atomic E-state index is 11.7. The van der Waals surface area contributed by atoms with Crippen molar-refractivity contribution >= 4 is 11.9 Å². The smallest absolute Gasteiger partial charge is 0.332 e. The van der Waals surface area contributed by atoms with Crippen LogP contribution in [0, 0.1) is 17.8 Å². The summed E-state index contributed by atoms with van der Waals surface area (Å²) in [6, 6.07) is 0. The fourth-order valence-corrected chi connectivity index (χ4v) is 3.61. The van der Waals surface area contributed by atoms with Crippen molar-refractivity contribution in [2.75, 3.05) is 0 Å². The van der Waals surface area contributed by atoms with Gasteiger partial charge >= 0.3 is 11.9 Å². The molecule has 0 fully saturated rings. The van der Waals surface area contributed by atoms with E-state index in [0.717, 1.165) is 70.3 Å². The van der Waals surface area contributed by atoms with Gasteiger partial charge in [0.25, 0.3) is 0 Å². The van der Waals surface area contributed by atoms with Crippen LogP contribution in [0.2, 0.25) is 0 Å². The lowest BCUT2D eigenvalue weighted by atomic mass is 9.78. The lowest BCUT2D eigenvalue weighted by molar-refractivity contribution is -0.135. The van der Waals surface area contributed by atoms with E-state index in [1.807, 2.05) is 0 Å². The van der Waals surface area contributed by atoms with Gasteiger partial charge < -0.3 is 10.2 Å². The maximum absolute atomic E-state index is 11.7. The molecule has 0 aromatic rings. The molecule has 4 nitrogen and oxygen atoms in total. The first-order valence-electron chi connectivity index (χ1n) is 10.1. The Hall–Kier alpha value is -1.32. The fraction of sp³-hybridized carbons (Fsp3) is 0.810. The van der Waals surface area contributed by atoms with Gasteiger partial charge in [-0.3, -0.25) is 0 Å². The number of hydrogen-bond acceptors (Lipinski definition) is 2. The fourth-order valence-electron chi connectivity index (χ4n) is 3.61. The Kier molecular flexibility index (Phi) is 13.2. The van der Waals surface area contributed by atoms with Crippen molar-refractivity contribution in [3.63, 3.8) is 0 Å². The van der Waals surface area contributed by atoms with Crippen molar-refractivity contribution in [2.45, 2.75) is 91.9 Å². The van der Waals surface area contributed by atoms with Gasteiger partial charge in [-0.1, -0.05) is 79.1 Å². The Morgan fingerprint density at radius 2 is 1.28 bits per heavy atom. The summed E-state index contributed by atoms with van der Waals surface area (Å²) in [5.74, 6) is -1.48. The SMILES string of the molecule is CCCCC(CC)CC(CC(CC)CCCC)C(=CC(=O)O)C(=O)O. The van der Waals surface area contributed by atoms with Crippen molar-refractivity contribution in [2.24, 2.45) is 17.8 Å². The van der Waals surface area contributed by atoms with Gasteiger partial charge in [0.15, 0.2) is 0 Å². The Bertz CT molecular complexity index is 396. The van der Waals surface area contributed by atoms with Crippen LogP contribution in [0.4, 0.5) is 0 Å². The molecule has 0 bridgehead atoms. The molecule has 0 amide bonds. The van der Waals surface area contributed by atoms with E-state index in [-0.39, 0.29) is 11.5 Å². The van der Waals surface area contributed by atoms with Crippen molar-refractivity contribution in [1.82, 2.24) is 0 Å². The summed E-state index contributed by atoms with van der Waals surface area (Å²) in [6.07, 6.45) is 11.3. The topological polar surface area (TPSA) is 74.6 Å². The van der Waals surface area contributed by atoms with E-state index in [4.69, 9.17) is 5.11 Å². The Morgan fingerprint density at radius 3 is 1.56 bits per heavy atom. The molecule has 0 aliphatic carbocycles. The summed E-state index contributed by atoms with van der Waals surface area (Å²) < 4.78 is 0. The van der Waals surface area contributed by atoms with Gasteiger partial charge in [0.05, 0.1) is 0 Å². The van der Waals surface area contributed by atoms with Crippen LogP contribution in [0.15, 0.2) is 11.6 Å². The summed E-state index contributed by atoms with van der Waals surface area (Å²) in [4.78, 5) is 22.8. The first-order chi connectivity index (χ1) is 11.9. The van der Waals surface area contributed by atoms with E-state index < -0.39 is 11.9 Å². The zero-order chi connectivity index (χ0) is 19.2. The quantitative estimate of drug-likeness (QED) is 0.358. The zero-order valence-corrected chi connectivity index (χ0v) is 16.6. The van der Waals surface area contributed by atoms with E-state index in [9.17, 15) is 14.7 Å². The molecule has 0 heterocycles. The highest BCUT2D eigenvalue weighted by molar-refractivity contribution is 5.95. The van der Waals surface area contributed by atoms with E-state index in [1.54, 1.807) is 0 Å². The normalized spacial score (nSPS) is 15.6. The van der Waals surface area contributed by atoms with Gasteiger partial charge in [0.1, 0.15) is 0 Å². The Balaban J connectivity index is 5.37. The zero-order valence-electron chi connectivity index (χ0n) is 16.6. The minimum Gasteiger partial charge on any atom is -0.478 e. The Labute approximate surface area is 153 Å². The molecule has 2 atom stereocenters. The van der Waals surface area contributed by atoms with Crippen LogP contribution in [0.25, 0.3) is 0 Å². The third-order valence-electron chi connectivity index (χ3n) is 5.29. The molecule has 0 aromatic heterocycles. The second kappa shape index (κ2) is 13.9. The number of aliphatic carboxylic acids is 2. The van der Waals surface area contributed by atoms with Crippen LogP contribution in [-0.2, 0) is 9.59 Å². The predicted molar refractivity (Wildman–Crippen MR) is 103 cm³/mol. The molecule has 0 aliphatic rings. The molecule has 2 N–H and O–H groups in total. The lowest BCUT2D eigenvalue weighted by Crippen LogP contribution is -2.21. The molecule has 0 aliphatic heterocycles. The van der Waals surface area contributed by atoms with Gasteiger partial charge in [0, 0.05) is 11.6 Å². The van der Waals surface area contributed by atoms with Crippen molar-refractivity contribution in [1.29, 1.82) is 0 Å². The predicted octanol–water partition coefficient (Wildman–Crippen LogP) is 5.91. The van der Waals surface area contributed by atoms with E-state index >= 15 is 0 Å². The molecular weight excluding hydrogens is 316 g/mol. The maximum Gasteiger partial charge on any atom is 0.332 e. The van der Waals surface area contributed by atoms with Gasteiger partial charge in [-0.15, -0.1) is 0 Å².